The van der Waals surface area contributed by atoms with Gasteiger partial charge in [-0.2, -0.15) is 0 Å². The number of alkyl carbamates (subject to hydrolysis) is 1. The highest BCUT2D eigenvalue weighted by atomic mass is 16.6. The average molecular weight is 280 g/mol. The molecule has 3 N–H and O–H groups in total. The fourth-order valence-corrected chi connectivity index (χ4v) is 1.59. The maximum absolute atomic E-state index is 11.7. The topological polar surface area (TPSA) is 87.7 Å². The second kappa shape index (κ2) is 6.91. The Kier molecular flexibility index (Phi) is 5.52. The van der Waals surface area contributed by atoms with E-state index in [1.807, 2.05) is 30.3 Å². The summed E-state index contributed by atoms with van der Waals surface area (Å²) < 4.78 is 5.09. The smallest absolute Gasteiger partial charge is 0.408 e. The monoisotopic (exact) mass is 280 g/mol. The van der Waals surface area contributed by atoms with Crippen molar-refractivity contribution in [1.82, 2.24) is 10.8 Å². The Bertz CT molecular complexity index is 454. The number of hydroxylamine groups is 1. The quantitative estimate of drug-likeness (QED) is 0.578. The third-order valence-electron chi connectivity index (χ3n) is 2.40. The highest BCUT2D eigenvalue weighted by molar-refractivity contribution is 5.85. The molecule has 0 saturated heterocycles. The molecule has 0 aromatic heterocycles. The number of nitrogens with one attached hydrogen (secondary N) is 2. The van der Waals surface area contributed by atoms with Gasteiger partial charge >= 0.3 is 6.09 Å². The highest BCUT2D eigenvalue weighted by Crippen LogP contribution is 2.08. The van der Waals surface area contributed by atoms with E-state index in [9.17, 15) is 9.59 Å². The lowest BCUT2D eigenvalue weighted by atomic mass is 10.1. The van der Waals surface area contributed by atoms with Crippen LogP contribution in [0.3, 0.4) is 0 Å². The molecule has 2 amide bonds. The zero-order valence-corrected chi connectivity index (χ0v) is 11.8. The van der Waals surface area contributed by atoms with Gasteiger partial charge in [0.2, 0.25) is 0 Å². The molecule has 110 valence electrons. The third kappa shape index (κ3) is 5.71. The van der Waals surface area contributed by atoms with Crippen LogP contribution in [0.15, 0.2) is 30.3 Å². The van der Waals surface area contributed by atoms with Gasteiger partial charge in [-0.25, -0.2) is 10.3 Å². The number of hydrogen-bond acceptors (Lipinski definition) is 4. The molecule has 0 bridgehead atoms. The van der Waals surface area contributed by atoms with Crippen molar-refractivity contribution in [3.05, 3.63) is 35.9 Å². The summed E-state index contributed by atoms with van der Waals surface area (Å²) in [7, 11) is 0. The standard InChI is InChI=1S/C14H20N2O4/c1-14(2,3)20-13(18)15-11(12(17)16-19)9-10-7-5-4-6-8-10/h4-8,11,19H,9H2,1-3H3,(H,15,18)(H,16,17)/t11-/m1/s1. The van der Waals surface area contributed by atoms with Crippen molar-refractivity contribution < 1.29 is 19.5 Å². The minimum atomic E-state index is -0.905. The second-order valence-electron chi connectivity index (χ2n) is 5.36. The van der Waals surface area contributed by atoms with Crippen molar-refractivity contribution in [2.45, 2.75) is 38.8 Å². The number of amides is 2. The molecule has 0 radical (unpaired) electrons. The summed E-state index contributed by atoms with van der Waals surface area (Å²) in [4.78, 5) is 23.3. The second-order valence-corrected chi connectivity index (χ2v) is 5.36. The lowest BCUT2D eigenvalue weighted by molar-refractivity contribution is -0.131. The number of carbonyl (C=O) groups is 2. The maximum Gasteiger partial charge on any atom is 0.408 e. The van der Waals surface area contributed by atoms with Crippen molar-refractivity contribution in [3.8, 4) is 0 Å². The van der Waals surface area contributed by atoms with E-state index in [0.717, 1.165) is 5.56 Å². The Hall–Kier alpha value is -2.08. The Morgan fingerprint density at radius 3 is 2.35 bits per heavy atom. The van der Waals surface area contributed by atoms with Crippen LogP contribution in [0.2, 0.25) is 0 Å². The summed E-state index contributed by atoms with van der Waals surface area (Å²) in [6.45, 7) is 5.18. The Morgan fingerprint density at radius 1 is 1.25 bits per heavy atom. The van der Waals surface area contributed by atoms with Crippen LogP contribution in [0.1, 0.15) is 26.3 Å². The Balaban J connectivity index is 2.70. The van der Waals surface area contributed by atoms with Crippen LogP contribution in [0.25, 0.3) is 0 Å². The molecular weight excluding hydrogens is 260 g/mol. The summed E-state index contributed by atoms with van der Waals surface area (Å²) >= 11 is 0. The molecular formula is C14H20N2O4. The molecule has 0 spiro atoms. The number of hydrogen-bond donors (Lipinski definition) is 3. The first-order chi connectivity index (χ1) is 9.31. The molecule has 1 aromatic rings. The van der Waals surface area contributed by atoms with Crippen molar-refractivity contribution in [3.63, 3.8) is 0 Å². The third-order valence-corrected chi connectivity index (χ3v) is 2.40. The zero-order valence-electron chi connectivity index (χ0n) is 11.8. The SMILES string of the molecule is CC(C)(C)OC(=O)N[C@H](Cc1ccccc1)C(=O)NO. The van der Waals surface area contributed by atoms with E-state index in [1.165, 1.54) is 0 Å². The van der Waals surface area contributed by atoms with E-state index in [1.54, 1.807) is 26.3 Å². The van der Waals surface area contributed by atoms with Crippen LogP contribution in [0, 0.1) is 0 Å². The molecule has 6 heteroatoms. The minimum Gasteiger partial charge on any atom is -0.444 e. The molecule has 0 aliphatic heterocycles. The maximum atomic E-state index is 11.7. The summed E-state index contributed by atoms with van der Waals surface area (Å²) in [5, 5.41) is 11.2. The van der Waals surface area contributed by atoms with E-state index in [2.05, 4.69) is 5.32 Å². The van der Waals surface area contributed by atoms with Gasteiger partial charge in [-0.05, 0) is 26.3 Å². The van der Waals surface area contributed by atoms with Gasteiger partial charge in [0.1, 0.15) is 11.6 Å². The molecule has 0 heterocycles. The van der Waals surface area contributed by atoms with Gasteiger partial charge in [-0.15, -0.1) is 0 Å². The molecule has 6 nitrogen and oxygen atoms in total. The van der Waals surface area contributed by atoms with Gasteiger partial charge in [0.15, 0.2) is 0 Å². The number of carbonyl (C=O) groups excluding carboxylic acids is 2. The van der Waals surface area contributed by atoms with Crippen molar-refractivity contribution in [2.75, 3.05) is 0 Å². The lowest BCUT2D eigenvalue weighted by Crippen LogP contribution is -2.48. The van der Waals surface area contributed by atoms with E-state index < -0.39 is 23.6 Å². The number of rotatable bonds is 4. The molecule has 1 aromatic carbocycles. The van der Waals surface area contributed by atoms with E-state index in [4.69, 9.17) is 9.94 Å². The number of ether oxygens (including phenoxy) is 1. The molecule has 0 saturated carbocycles. The first-order valence-corrected chi connectivity index (χ1v) is 6.29. The van der Waals surface area contributed by atoms with Gasteiger partial charge in [0.05, 0.1) is 0 Å². The van der Waals surface area contributed by atoms with E-state index >= 15 is 0 Å². The van der Waals surface area contributed by atoms with Crippen molar-refractivity contribution >= 4 is 12.0 Å². The normalized spacial score (nSPS) is 12.4. The Morgan fingerprint density at radius 2 is 1.85 bits per heavy atom. The molecule has 20 heavy (non-hydrogen) atoms. The van der Waals surface area contributed by atoms with Crippen LogP contribution >= 0.6 is 0 Å². The fraction of sp³-hybridized carbons (Fsp3) is 0.429. The van der Waals surface area contributed by atoms with Crippen molar-refractivity contribution in [2.24, 2.45) is 0 Å². The molecule has 1 atom stereocenters. The van der Waals surface area contributed by atoms with E-state index in [-0.39, 0.29) is 6.42 Å². The Labute approximate surface area is 118 Å². The molecule has 0 unspecified atom stereocenters. The summed E-state index contributed by atoms with van der Waals surface area (Å²) in [6, 6.07) is 8.26. The fourth-order valence-electron chi connectivity index (χ4n) is 1.59. The molecule has 0 aliphatic rings. The van der Waals surface area contributed by atoms with Crippen molar-refractivity contribution in [1.29, 1.82) is 0 Å². The molecule has 0 fully saturated rings. The first-order valence-electron chi connectivity index (χ1n) is 6.29. The zero-order chi connectivity index (χ0) is 15.2. The van der Waals surface area contributed by atoms with Crippen LogP contribution in [-0.4, -0.2) is 28.9 Å². The largest absolute Gasteiger partial charge is 0.444 e. The predicted octanol–water partition coefficient (Wildman–Crippen LogP) is 1.63. The number of benzene rings is 1. The summed E-state index contributed by atoms with van der Waals surface area (Å²) in [6.07, 6.45) is -0.450. The van der Waals surface area contributed by atoms with E-state index in [0.29, 0.717) is 0 Å². The highest BCUT2D eigenvalue weighted by Gasteiger charge is 2.24. The van der Waals surface area contributed by atoms with Gasteiger partial charge < -0.3 is 10.1 Å². The van der Waals surface area contributed by atoms with Crippen LogP contribution < -0.4 is 10.8 Å². The van der Waals surface area contributed by atoms with Gasteiger partial charge in [-0.3, -0.25) is 10.0 Å². The summed E-state index contributed by atoms with van der Waals surface area (Å²) in [5.41, 5.74) is 1.75. The van der Waals surface area contributed by atoms with Crippen LogP contribution in [0.5, 0.6) is 0 Å². The molecule has 0 aliphatic carbocycles. The van der Waals surface area contributed by atoms with Crippen LogP contribution in [-0.2, 0) is 16.0 Å². The van der Waals surface area contributed by atoms with Gasteiger partial charge in [0, 0.05) is 6.42 Å². The molecule has 1 rings (SSSR count). The van der Waals surface area contributed by atoms with Gasteiger partial charge in [-0.1, -0.05) is 30.3 Å². The minimum absolute atomic E-state index is 0.256. The predicted molar refractivity (Wildman–Crippen MR) is 73.2 cm³/mol. The van der Waals surface area contributed by atoms with Crippen LogP contribution in [0.4, 0.5) is 4.79 Å². The van der Waals surface area contributed by atoms with Gasteiger partial charge in [0.25, 0.3) is 5.91 Å². The average Bonchev–Trinajstić information content (AvgIpc) is 2.36. The summed E-state index contributed by atoms with van der Waals surface area (Å²) in [5.74, 6) is -0.695. The lowest BCUT2D eigenvalue weighted by Gasteiger charge is -2.22. The first kappa shape index (κ1) is 16.0.